The third-order valence-corrected chi connectivity index (χ3v) is 3.23. The molecule has 2 aromatic carbocycles. The van der Waals surface area contributed by atoms with Crippen LogP contribution in [0.25, 0.3) is 11.1 Å². The fourth-order valence-electron chi connectivity index (χ4n) is 2.05. The monoisotopic (exact) mass is 304 g/mol. The second-order valence-electron chi connectivity index (χ2n) is 4.69. The lowest BCUT2D eigenvalue weighted by molar-refractivity contribution is 0.102. The number of aryl methyl sites for hydroxylation is 1. The Kier molecular flexibility index (Phi) is 3.25. The molecule has 1 aromatic heterocycles. The predicted octanol–water partition coefficient (Wildman–Crippen LogP) is 2.66. The zero-order valence-corrected chi connectivity index (χ0v) is 11.4. The van der Waals surface area contributed by atoms with Crippen LogP contribution in [0, 0.1) is 11.6 Å². The maximum atomic E-state index is 13.1. The van der Waals surface area contributed by atoms with Crippen molar-refractivity contribution in [2.75, 3.05) is 5.32 Å². The third-order valence-electron chi connectivity index (χ3n) is 3.23. The van der Waals surface area contributed by atoms with Gasteiger partial charge in [-0.05, 0) is 30.3 Å². The van der Waals surface area contributed by atoms with E-state index in [1.54, 1.807) is 13.1 Å². The lowest BCUT2D eigenvalue weighted by Gasteiger charge is -2.05. The smallest absolute Gasteiger partial charge is 0.408 e. The average molecular weight is 304 g/mol. The van der Waals surface area contributed by atoms with Gasteiger partial charge in [-0.2, -0.15) is 0 Å². The van der Waals surface area contributed by atoms with E-state index in [1.165, 1.54) is 22.8 Å². The molecule has 0 aliphatic carbocycles. The van der Waals surface area contributed by atoms with E-state index >= 15 is 0 Å². The first-order chi connectivity index (χ1) is 10.5. The van der Waals surface area contributed by atoms with E-state index in [1.807, 2.05) is 0 Å². The summed E-state index contributed by atoms with van der Waals surface area (Å²) < 4.78 is 32.3. The molecule has 0 aliphatic heterocycles. The number of benzene rings is 2. The van der Waals surface area contributed by atoms with Crippen LogP contribution in [0.5, 0.6) is 0 Å². The topological polar surface area (TPSA) is 64.2 Å². The highest BCUT2D eigenvalue weighted by Crippen LogP contribution is 2.17. The lowest BCUT2D eigenvalue weighted by Crippen LogP contribution is -2.12. The normalized spacial score (nSPS) is 10.9. The van der Waals surface area contributed by atoms with Crippen molar-refractivity contribution in [3.05, 3.63) is 64.1 Å². The Bertz CT molecular complexity index is 944. The van der Waals surface area contributed by atoms with Gasteiger partial charge in [-0.25, -0.2) is 13.6 Å². The number of hydrogen-bond donors (Lipinski definition) is 1. The summed E-state index contributed by atoms with van der Waals surface area (Å²) in [7, 11) is 1.55. The Hall–Kier alpha value is -2.96. The number of nitrogens with zero attached hydrogens (tertiary/aromatic N) is 1. The molecular weight excluding hydrogens is 294 g/mol. The number of anilines is 1. The van der Waals surface area contributed by atoms with Gasteiger partial charge in [-0.15, -0.1) is 0 Å². The first-order valence-corrected chi connectivity index (χ1v) is 6.31. The Morgan fingerprint density at radius 2 is 1.91 bits per heavy atom. The van der Waals surface area contributed by atoms with Crippen LogP contribution in [0.3, 0.4) is 0 Å². The minimum Gasteiger partial charge on any atom is -0.408 e. The number of nitrogens with one attached hydrogen (secondary N) is 1. The van der Waals surface area contributed by atoms with Crippen LogP contribution >= 0.6 is 0 Å². The van der Waals surface area contributed by atoms with Gasteiger partial charge >= 0.3 is 5.76 Å². The summed E-state index contributed by atoms with van der Waals surface area (Å²) in [6, 6.07) is 7.54. The molecule has 5 nitrogen and oxygen atoms in total. The van der Waals surface area contributed by atoms with Crippen molar-refractivity contribution in [3.8, 4) is 0 Å². The number of fused-ring (bicyclic) bond motifs is 1. The Morgan fingerprint density at radius 1 is 1.14 bits per heavy atom. The summed E-state index contributed by atoms with van der Waals surface area (Å²) >= 11 is 0. The number of aromatic nitrogens is 1. The summed E-state index contributed by atoms with van der Waals surface area (Å²) in [5.41, 5.74) is 1.17. The van der Waals surface area contributed by atoms with Crippen molar-refractivity contribution >= 4 is 22.7 Å². The molecule has 0 fully saturated rings. The summed E-state index contributed by atoms with van der Waals surface area (Å²) in [5, 5.41) is 2.44. The van der Waals surface area contributed by atoms with Crippen LogP contribution in [0.15, 0.2) is 45.6 Å². The molecule has 0 spiro atoms. The molecule has 7 heteroatoms. The van der Waals surface area contributed by atoms with Crippen LogP contribution < -0.4 is 11.1 Å². The largest absolute Gasteiger partial charge is 0.419 e. The fraction of sp³-hybridized carbons (Fsp3) is 0.0667. The van der Waals surface area contributed by atoms with E-state index < -0.39 is 23.3 Å². The number of rotatable bonds is 2. The van der Waals surface area contributed by atoms with Crippen LogP contribution in [0.4, 0.5) is 14.5 Å². The van der Waals surface area contributed by atoms with E-state index in [0.717, 1.165) is 12.1 Å². The maximum absolute atomic E-state index is 13.1. The molecule has 0 saturated heterocycles. The van der Waals surface area contributed by atoms with E-state index in [4.69, 9.17) is 4.42 Å². The molecule has 112 valence electrons. The highest BCUT2D eigenvalue weighted by molar-refractivity contribution is 6.05. The summed E-state index contributed by atoms with van der Waals surface area (Å²) in [5.74, 6) is -3.11. The van der Waals surface area contributed by atoms with Crippen molar-refractivity contribution in [1.82, 2.24) is 4.57 Å². The predicted molar refractivity (Wildman–Crippen MR) is 75.8 cm³/mol. The maximum Gasteiger partial charge on any atom is 0.419 e. The van der Waals surface area contributed by atoms with Gasteiger partial charge in [0.05, 0.1) is 5.52 Å². The van der Waals surface area contributed by atoms with Gasteiger partial charge in [0.2, 0.25) is 0 Å². The van der Waals surface area contributed by atoms with Gasteiger partial charge in [0, 0.05) is 24.4 Å². The number of amides is 1. The third kappa shape index (κ3) is 2.37. The average Bonchev–Trinajstić information content (AvgIpc) is 2.77. The van der Waals surface area contributed by atoms with Crippen molar-refractivity contribution < 1.29 is 18.0 Å². The number of hydrogen-bond acceptors (Lipinski definition) is 3. The molecule has 1 amide bonds. The molecular formula is C15H10F2N2O3. The lowest BCUT2D eigenvalue weighted by atomic mass is 10.2. The highest BCUT2D eigenvalue weighted by Gasteiger charge is 2.12. The quantitative estimate of drug-likeness (QED) is 0.791. The van der Waals surface area contributed by atoms with Gasteiger partial charge in [0.15, 0.2) is 17.2 Å². The van der Waals surface area contributed by atoms with Crippen LogP contribution in [-0.4, -0.2) is 10.5 Å². The zero-order valence-electron chi connectivity index (χ0n) is 11.4. The molecule has 0 saturated carbocycles. The standard InChI is InChI=1S/C15H10F2N2O3/c1-19-12-5-2-8(6-13(12)22-15(19)21)14(20)18-9-3-4-10(16)11(17)7-9/h2-7H,1H3,(H,18,20). The molecule has 0 aliphatic rings. The van der Waals surface area contributed by atoms with Crippen molar-refractivity contribution in [1.29, 1.82) is 0 Å². The van der Waals surface area contributed by atoms with Crippen molar-refractivity contribution in [2.45, 2.75) is 0 Å². The second kappa shape index (κ2) is 5.10. The minimum absolute atomic E-state index is 0.124. The molecule has 1 N–H and O–H groups in total. The molecule has 22 heavy (non-hydrogen) atoms. The number of carbonyl (C=O) groups excluding carboxylic acids is 1. The molecule has 0 radical (unpaired) electrons. The van der Waals surface area contributed by atoms with E-state index in [2.05, 4.69) is 5.32 Å². The van der Waals surface area contributed by atoms with Gasteiger partial charge in [0.1, 0.15) is 0 Å². The molecule has 0 atom stereocenters. The van der Waals surface area contributed by atoms with Gasteiger partial charge < -0.3 is 9.73 Å². The Balaban J connectivity index is 1.91. The first kappa shape index (κ1) is 14.0. The summed E-state index contributed by atoms with van der Waals surface area (Å²) in [6.07, 6.45) is 0. The molecule has 0 unspecified atom stereocenters. The summed E-state index contributed by atoms with van der Waals surface area (Å²) in [4.78, 5) is 23.5. The molecule has 3 aromatic rings. The molecule has 1 heterocycles. The number of oxazole rings is 1. The number of halogens is 2. The zero-order chi connectivity index (χ0) is 15.9. The highest BCUT2D eigenvalue weighted by atomic mass is 19.2. The van der Waals surface area contributed by atoms with Crippen LogP contribution in [0.1, 0.15) is 10.4 Å². The first-order valence-electron chi connectivity index (χ1n) is 6.31. The van der Waals surface area contributed by atoms with E-state index in [-0.39, 0.29) is 16.8 Å². The van der Waals surface area contributed by atoms with Gasteiger partial charge in [-0.1, -0.05) is 0 Å². The van der Waals surface area contributed by atoms with Crippen molar-refractivity contribution in [3.63, 3.8) is 0 Å². The molecule has 3 rings (SSSR count). The number of carbonyl (C=O) groups is 1. The fourth-order valence-corrected chi connectivity index (χ4v) is 2.05. The molecule has 0 bridgehead atoms. The second-order valence-corrected chi connectivity index (χ2v) is 4.69. The minimum atomic E-state index is -1.05. The summed E-state index contributed by atoms with van der Waals surface area (Å²) in [6.45, 7) is 0. The van der Waals surface area contributed by atoms with Crippen LogP contribution in [-0.2, 0) is 7.05 Å². The van der Waals surface area contributed by atoms with Crippen molar-refractivity contribution in [2.24, 2.45) is 7.05 Å². The Morgan fingerprint density at radius 3 is 2.64 bits per heavy atom. The van der Waals surface area contributed by atoms with Gasteiger partial charge in [0.25, 0.3) is 5.91 Å². The Labute approximate surface area is 122 Å². The van der Waals surface area contributed by atoms with Gasteiger partial charge in [-0.3, -0.25) is 9.36 Å². The van der Waals surface area contributed by atoms with E-state index in [0.29, 0.717) is 5.52 Å². The van der Waals surface area contributed by atoms with E-state index in [9.17, 15) is 18.4 Å². The van der Waals surface area contributed by atoms with Crippen LogP contribution in [0.2, 0.25) is 0 Å². The SMILES string of the molecule is Cn1c(=O)oc2cc(C(=O)Nc3ccc(F)c(F)c3)ccc21.